The summed E-state index contributed by atoms with van der Waals surface area (Å²) in [5, 5.41) is 19.8. The minimum Gasteiger partial charge on any atom is -0.476 e. The lowest BCUT2D eigenvalue weighted by Gasteiger charge is -2.12. The molecule has 1 aromatic heterocycles. The van der Waals surface area contributed by atoms with Gasteiger partial charge in [0.15, 0.2) is 5.84 Å². The topological polar surface area (TPSA) is 93.6 Å². The van der Waals surface area contributed by atoms with Gasteiger partial charge in [0.2, 0.25) is 5.88 Å². The Morgan fingerprint density at radius 3 is 2.63 bits per heavy atom. The summed E-state index contributed by atoms with van der Waals surface area (Å²) in [4.78, 5) is 0. The van der Waals surface area contributed by atoms with Gasteiger partial charge in [-0.15, -0.1) is 5.10 Å². The van der Waals surface area contributed by atoms with E-state index >= 15 is 0 Å². The third-order valence-electron chi connectivity index (χ3n) is 2.95. The number of hydrogen-bond acceptors (Lipinski definition) is 5. The van der Waals surface area contributed by atoms with Crippen LogP contribution in [-0.4, -0.2) is 27.8 Å². The number of aryl methyl sites for hydroxylation is 1. The van der Waals surface area contributed by atoms with Crippen molar-refractivity contribution in [3.8, 4) is 5.88 Å². The second-order valence-corrected chi connectivity index (χ2v) is 4.96. The lowest BCUT2D eigenvalue weighted by atomic mass is 10.1. The Labute approximate surface area is 113 Å². The molecule has 6 heteroatoms. The van der Waals surface area contributed by atoms with E-state index in [-0.39, 0.29) is 5.84 Å². The van der Waals surface area contributed by atoms with Gasteiger partial charge in [-0.2, -0.15) is 5.10 Å². The largest absolute Gasteiger partial charge is 0.476 e. The number of nitrogens with zero attached hydrogens (tertiary/aromatic N) is 3. The fourth-order valence-corrected chi connectivity index (χ4v) is 1.70. The molecule has 3 N–H and O–H groups in total. The zero-order valence-electron chi connectivity index (χ0n) is 12.0. The molecular formula is C13H22N4O2. The van der Waals surface area contributed by atoms with Gasteiger partial charge in [-0.05, 0) is 38.2 Å². The second-order valence-electron chi connectivity index (χ2n) is 4.96. The summed E-state index contributed by atoms with van der Waals surface area (Å²) in [6, 6.07) is 0. The minimum atomic E-state index is -0.00522. The van der Waals surface area contributed by atoms with Gasteiger partial charge in [-0.1, -0.05) is 19.0 Å². The number of amidine groups is 1. The summed E-state index contributed by atoms with van der Waals surface area (Å²) >= 11 is 0. The van der Waals surface area contributed by atoms with Crippen molar-refractivity contribution in [3.05, 3.63) is 16.8 Å². The Balaban J connectivity index is 2.86. The van der Waals surface area contributed by atoms with Crippen LogP contribution in [0.25, 0.3) is 0 Å². The Hall–Kier alpha value is -1.85. The van der Waals surface area contributed by atoms with Crippen LogP contribution in [0.1, 0.15) is 43.5 Å². The van der Waals surface area contributed by atoms with E-state index in [4.69, 9.17) is 15.7 Å². The van der Waals surface area contributed by atoms with Gasteiger partial charge in [-0.25, -0.2) is 0 Å². The highest BCUT2D eigenvalue weighted by atomic mass is 16.5. The Morgan fingerprint density at radius 2 is 2.05 bits per heavy atom. The van der Waals surface area contributed by atoms with E-state index in [2.05, 4.69) is 29.2 Å². The van der Waals surface area contributed by atoms with Gasteiger partial charge in [0, 0.05) is 0 Å². The molecule has 19 heavy (non-hydrogen) atoms. The van der Waals surface area contributed by atoms with Crippen molar-refractivity contribution < 1.29 is 9.94 Å². The molecule has 0 amide bonds. The Bertz CT molecular complexity index is 458. The summed E-state index contributed by atoms with van der Waals surface area (Å²) in [6.07, 6.45) is 2.01. The van der Waals surface area contributed by atoms with Crippen LogP contribution in [0, 0.1) is 19.8 Å². The van der Waals surface area contributed by atoms with Gasteiger partial charge in [-0.3, -0.25) is 0 Å². The monoisotopic (exact) mass is 266 g/mol. The van der Waals surface area contributed by atoms with Crippen molar-refractivity contribution in [2.45, 2.75) is 40.5 Å². The van der Waals surface area contributed by atoms with Crippen LogP contribution in [0.15, 0.2) is 5.16 Å². The molecule has 0 spiro atoms. The summed E-state index contributed by atoms with van der Waals surface area (Å²) in [6.45, 7) is 8.54. The van der Waals surface area contributed by atoms with Gasteiger partial charge >= 0.3 is 0 Å². The molecule has 0 atom stereocenters. The molecule has 1 heterocycles. The van der Waals surface area contributed by atoms with Crippen LogP contribution in [0.4, 0.5) is 0 Å². The van der Waals surface area contributed by atoms with Crippen LogP contribution < -0.4 is 10.5 Å². The Morgan fingerprint density at radius 1 is 1.37 bits per heavy atom. The van der Waals surface area contributed by atoms with Gasteiger partial charge in [0.25, 0.3) is 0 Å². The predicted octanol–water partition coefficient (Wildman–Crippen LogP) is 2.00. The van der Waals surface area contributed by atoms with E-state index < -0.39 is 0 Å². The van der Waals surface area contributed by atoms with Crippen LogP contribution in [-0.2, 0) is 0 Å². The second kappa shape index (κ2) is 6.92. The van der Waals surface area contributed by atoms with Gasteiger partial charge in [0.05, 0.1) is 17.9 Å². The number of aromatic nitrogens is 2. The zero-order valence-corrected chi connectivity index (χ0v) is 12.0. The first kappa shape index (κ1) is 15.2. The average Bonchev–Trinajstić information content (AvgIpc) is 2.37. The lowest BCUT2D eigenvalue weighted by molar-refractivity contribution is 0.282. The molecule has 0 saturated heterocycles. The molecule has 0 aliphatic heterocycles. The molecule has 1 aromatic rings. The van der Waals surface area contributed by atoms with Gasteiger partial charge < -0.3 is 15.7 Å². The van der Waals surface area contributed by atoms with E-state index in [1.165, 1.54) is 0 Å². The summed E-state index contributed by atoms with van der Waals surface area (Å²) in [5.74, 6) is 0.953. The maximum atomic E-state index is 8.83. The van der Waals surface area contributed by atoms with E-state index in [0.717, 1.165) is 24.1 Å². The van der Waals surface area contributed by atoms with E-state index in [1.54, 1.807) is 0 Å². The smallest absolute Gasteiger partial charge is 0.244 e. The molecule has 0 aliphatic carbocycles. The number of rotatable bonds is 6. The highest BCUT2D eigenvalue weighted by Gasteiger charge is 2.16. The third-order valence-corrected chi connectivity index (χ3v) is 2.95. The standard InChI is InChI=1S/C13H22N4O2/c1-8(2)6-5-7-19-13-11(12(14)17-18)9(3)10(4)15-16-13/h8,18H,5-7H2,1-4H3,(H2,14,17). The quantitative estimate of drug-likeness (QED) is 0.270. The molecule has 6 nitrogen and oxygen atoms in total. The summed E-state index contributed by atoms with van der Waals surface area (Å²) < 4.78 is 5.60. The van der Waals surface area contributed by atoms with Gasteiger partial charge in [0.1, 0.15) is 0 Å². The first-order valence-electron chi connectivity index (χ1n) is 6.42. The molecule has 0 aromatic carbocycles. The van der Waals surface area contributed by atoms with Crippen molar-refractivity contribution >= 4 is 5.84 Å². The molecule has 0 unspecified atom stereocenters. The van der Waals surface area contributed by atoms with Crippen molar-refractivity contribution in [2.24, 2.45) is 16.8 Å². The maximum Gasteiger partial charge on any atom is 0.244 e. The average molecular weight is 266 g/mol. The number of oxime groups is 1. The molecular weight excluding hydrogens is 244 g/mol. The molecule has 0 fully saturated rings. The van der Waals surface area contributed by atoms with Crippen LogP contribution in [0.2, 0.25) is 0 Å². The maximum absolute atomic E-state index is 8.83. The number of hydrogen-bond donors (Lipinski definition) is 2. The van der Waals surface area contributed by atoms with E-state index in [0.29, 0.717) is 24.0 Å². The highest BCUT2D eigenvalue weighted by molar-refractivity contribution is 6.00. The van der Waals surface area contributed by atoms with E-state index in [1.807, 2.05) is 13.8 Å². The highest BCUT2D eigenvalue weighted by Crippen LogP contribution is 2.20. The lowest BCUT2D eigenvalue weighted by Crippen LogP contribution is -2.19. The zero-order chi connectivity index (χ0) is 14.4. The summed E-state index contributed by atoms with van der Waals surface area (Å²) in [7, 11) is 0. The summed E-state index contributed by atoms with van der Waals surface area (Å²) in [5.41, 5.74) is 7.72. The third kappa shape index (κ3) is 4.08. The number of ether oxygens (including phenoxy) is 1. The van der Waals surface area contributed by atoms with Crippen LogP contribution in [0.5, 0.6) is 5.88 Å². The molecule has 1 rings (SSSR count). The molecule has 0 aliphatic rings. The van der Waals surface area contributed by atoms with Crippen molar-refractivity contribution in [1.29, 1.82) is 0 Å². The Kier molecular flexibility index (Phi) is 5.54. The SMILES string of the molecule is Cc1nnc(OCCCC(C)C)c(/C(N)=N/O)c1C. The first-order chi connectivity index (χ1) is 8.97. The molecule has 106 valence electrons. The van der Waals surface area contributed by atoms with Crippen LogP contribution >= 0.6 is 0 Å². The number of nitrogens with two attached hydrogens (primary N) is 1. The first-order valence-corrected chi connectivity index (χ1v) is 6.42. The van der Waals surface area contributed by atoms with Crippen molar-refractivity contribution in [2.75, 3.05) is 6.61 Å². The molecule has 0 saturated carbocycles. The van der Waals surface area contributed by atoms with Crippen molar-refractivity contribution in [3.63, 3.8) is 0 Å². The molecule has 0 bridgehead atoms. The van der Waals surface area contributed by atoms with Crippen molar-refractivity contribution in [1.82, 2.24) is 10.2 Å². The fourth-order valence-electron chi connectivity index (χ4n) is 1.70. The van der Waals surface area contributed by atoms with E-state index in [9.17, 15) is 0 Å². The van der Waals surface area contributed by atoms with Crippen LogP contribution in [0.3, 0.4) is 0 Å². The normalized spacial score (nSPS) is 11.9. The molecule has 0 radical (unpaired) electrons. The fraction of sp³-hybridized carbons (Fsp3) is 0.615. The predicted molar refractivity (Wildman–Crippen MR) is 73.6 cm³/mol. The minimum absolute atomic E-state index is 0.00522.